The second kappa shape index (κ2) is 6.94. The van der Waals surface area contributed by atoms with Gasteiger partial charge >= 0.3 is 0 Å². The minimum Gasteiger partial charge on any atom is -0.317 e. The molecule has 2 nitrogen and oxygen atoms in total. The first-order valence-electron chi connectivity index (χ1n) is 7.05. The van der Waals surface area contributed by atoms with E-state index in [1.165, 1.54) is 18.4 Å². The van der Waals surface area contributed by atoms with Crippen LogP contribution in [0.2, 0.25) is 10.0 Å². The minimum atomic E-state index is 0.189. The van der Waals surface area contributed by atoms with Crippen molar-refractivity contribution in [2.45, 2.75) is 31.6 Å². The van der Waals surface area contributed by atoms with E-state index in [2.05, 4.69) is 23.6 Å². The highest BCUT2D eigenvalue weighted by Crippen LogP contribution is 2.37. The van der Waals surface area contributed by atoms with Crippen LogP contribution in [0.4, 0.5) is 0 Å². The topological polar surface area (TPSA) is 24.1 Å². The standard InChI is InChI=1S/C15H22Cl2N2/c1-2-18-9-7-15(6-3-8-19-11-15)12-4-5-13(16)14(17)10-12/h4-5,10,18-19H,2-3,6-9,11H2,1H3. The number of rotatable bonds is 5. The van der Waals surface area contributed by atoms with Crippen LogP contribution in [0.25, 0.3) is 0 Å². The minimum absolute atomic E-state index is 0.189. The van der Waals surface area contributed by atoms with Gasteiger partial charge in [0.1, 0.15) is 0 Å². The van der Waals surface area contributed by atoms with Crippen molar-refractivity contribution >= 4 is 23.2 Å². The Morgan fingerprint density at radius 2 is 2.16 bits per heavy atom. The lowest BCUT2D eigenvalue weighted by molar-refractivity contribution is 0.290. The van der Waals surface area contributed by atoms with Gasteiger partial charge < -0.3 is 10.6 Å². The maximum absolute atomic E-state index is 6.19. The normalized spacial score (nSPS) is 23.5. The third-order valence-corrected chi connectivity index (χ3v) is 4.77. The molecular formula is C15H22Cl2N2. The van der Waals surface area contributed by atoms with E-state index in [0.29, 0.717) is 10.0 Å². The molecule has 1 saturated heterocycles. The van der Waals surface area contributed by atoms with Crippen LogP contribution < -0.4 is 10.6 Å². The Morgan fingerprint density at radius 3 is 2.79 bits per heavy atom. The van der Waals surface area contributed by atoms with Crippen molar-refractivity contribution < 1.29 is 0 Å². The van der Waals surface area contributed by atoms with Crippen LogP contribution >= 0.6 is 23.2 Å². The smallest absolute Gasteiger partial charge is 0.0595 e. The van der Waals surface area contributed by atoms with Crippen LogP contribution in [0.15, 0.2) is 18.2 Å². The van der Waals surface area contributed by atoms with Crippen LogP contribution in [0, 0.1) is 0 Å². The summed E-state index contributed by atoms with van der Waals surface area (Å²) < 4.78 is 0. The van der Waals surface area contributed by atoms with E-state index in [-0.39, 0.29) is 5.41 Å². The number of halogens is 2. The van der Waals surface area contributed by atoms with Crippen LogP contribution in [-0.4, -0.2) is 26.2 Å². The molecule has 0 aliphatic carbocycles. The zero-order valence-corrected chi connectivity index (χ0v) is 12.9. The predicted molar refractivity (Wildman–Crippen MR) is 83.4 cm³/mol. The molecule has 1 aliphatic heterocycles. The molecule has 4 heteroatoms. The molecule has 0 saturated carbocycles. The predicted octanol–water partition coefficient (Wildman–Crippen LogP) is 3.61. The van der Waals surface area contributed by atoms with Crippen molar-refractivity contribution in [3.8, 4) is 0 Å². The second-order valence-corrected chi connectivity index (χ2v) is 6.11. The fourth-order valence-corrected chi connectivity index (χ4v) is 3.20. The summed E-state index contributed by atoms with van der Waals surface area (Å²) in [6.07, 6.45) is 3.56. The maximum Gasteiger partial charge on any atom is 0.0595 e. The first kappa shape index (κ1) is 15.1. The van der Waals surface area contributed by atoms with Crippen molar-refractivity contribution in [3.05, 3.63) is 33.8 Å². The molecule has 1 aromatic rings. The van der Waals surface area contributed by atoms with Crippen LogP contribution in [-0.2, 0) is 5.41 Å². The van der Waals surface area contributed by atoms with Crippen molar-refractivity contribution in [1.29, 1.82) is 0 Å². The highest BCUT2D eigenvalue weighted by atomic mass is 35.5. The van der Waals surface area contributed by atoms with E-state index in [0.717, 1.165) is 32.6 Å². The van der Waals surface area contributed by atoms with E-state index in [1.807, 2.05) is 12.1 Å². The van der Waals surface area contributed by atoms with Crippen molar-refractivity contribution in [2.75, 3.05) is 26.2 Å². The average Bonchev–Trinajstić information content (AvgIpc) is 2.43. The van der Waals surface area contributed by atoms with Crippen LogP contribution in [0.5, 0.6) is 0 Å². The van der Waals surface area contributed by atoms with Gasteiger partial charge in [0.2, 0.25) is 0 Å². The number of benzene rings is 1. The largest absolute Gasteiger partial charge is 0.317 e. The van der Waals surface area contributed by atoms with Gasteiger partial charge in [0, 0.05) is 12.0 Å². The molecule has 1 unspecified atom stereocenters. The monoisotopic (exact) mass is 300 g/mol. The van der Waals surface area contributed by atoms with E-state index < -0.39 is 0 Å². The molecule has 19 heavy (non-hydrogen) atoms. The molecule has 0 amide bonds. The van der Waals surface area contributed by atoms with E-state index in [1.54, 1.807) is 0 Å². The Bertz CT molecular complexity index is 415. The van der Waals surface area contributed by atoms with Gasteiger partial charge in [-0.25, -0.2) is 0 Å². The molecule has 1 aliphatic rings. The highest BCUT2D eigenvalue weighted by Gasteiger charge is 2.33. The third kappa shape index (κ3) is 3.63. The maximum atomic E-state index is 6.19. The lowest BCUT2D eigenvalue weighted by atomic mass is 9.72. The molecular weight excluding hydrogens is 279 g/mol. The summed E-state index contributed by atoms with van der Waals surface area (Å²) in [5.41, 5.74) is 1.50. The molecule has 0 bridgehead atoms. The van der Waals surface area contributed by atoms with E-state index >= 15 is 0 Å². The molecule has 1 fully saturated rings. The molecule has 0 aromatic heterocycles. The van der Waals surface area contributed by atoms with Crippen molar-refractivity contribution in [3.63, 3.8) is 0 Å². The molecule has 2 N–H and O–H groups in total. The molecule has 0 spiro atoms. The zero-order valence-electron chi connectivity index (χ0n) is 11.4. The summed E-state index contributed by atoms with van der Waals surface area (Å²) in [7, 11) is 0. The number of piperidine rings is 1. The Morgan fingerprint density at radius 1 is 1.32 bits per heavy atom. The Labute approximate surface area is 125 Å². The van der Waals surface area contributed by atoms with E-state index in [4.69, 9.17) is 23.2 Å². The first-order chi connectivity index (χ1) is 9.18. The highest BCUT2D eigenvalue weighted by molar-refractivity contribution is 6.42. The van der Waals surface area contributed by atoms with Gasteiger partial charge in [-0.1, -0.05) is 36.2 Å². The lowest BCUT2D eigenvalue weighted by Gasteiger charge is -2.38. The summed E-state index contributed by atoms with van der Waals surface area (Å²) in [4.78, 5) is 0. The lowest BCUT2D eigenvalue weighted by Crippen LogP contribution is -2.45. The third-order valence-electron chi connectivity index (χ3n) is 4.03. The quantitative estimate of drug-likeness (QED) is 0.812. The molecule has 1 atom stereocenters. The fourth-order valence-electron chi connectivity index (χ4n) is 2.90. The average molecular weight is 301 g/mol. The molecule has 2 rings (SSSR count). The van der Waals surface area contributed by atoms with Gasteiger partial charge in [0.05, 0.1) is 10.0 Å². The SMILES string of the molecule is CCNCCC1(c2ccc(Cl)c(Cl)c2)CCCNC1. The van der Waals surface area contributed by atoms with Crippen molar-refractivity contribution in [1.82, 2.24) is 10.6 Å². The molecule has 106 valence electrons. The van der Waals surface area contributed by atoms with Crippen LogP contribution in [0.3, 0.4) is 0 Å². The van der Waals surface area contributed by atoms with Gasteiger partial charge in [-0.3, -0.25) is 0 Å². The molecule has 1 heterocycles. The fraction of sp³-hybridized carbons (Fsp3) is 0.600. The molecule has 1 aromatic carbocycles. The van der Waals surface area contributed by atoms with E-state index in [9.17, 15) is 0 Å². The summed E-state index contributed by atoms with van der Waals surface area (Å²) >= 11 is 12.2. The summed E-state index contributed by atoms with van der Waals surface area (Å²) in [5, 5.41) is 8.26. The van der Waals surface area contributed by atoms with Gasteiger partial charge in [0.25, 0.3) is 0 Å². The number of hydrogen-bond donors (Lipinski definition) is 2. The first-order valence-corrected chi connectivity index (χ1v) is 7.80. The van der Waals surface area contributed by atoms with Gasteiger partial charge in [-0.05, 0) is 56.6 Å². The Kier molecular flexibility index (Phi) is 5.52. The van der Waals surface area contributed by atoms with Gasteiger partial charge in [-0.15, -0.1) is 0 Å². The summed E-state index contributed by atoms with van der Waals surface area (Å²) in [6, 6.07) is 6.10. The summed E-state index contributed by atoms with van der Waals surface area (Å²) in [5.74, 6) is 0. The van der Waals surface area contributed by atoms with Gasteiger partial charge in [0.15, 0.2) is 0 Å². The van der Waals surface area contributed by atoms with Gasteiger partial charge in [-0.2, -0.15) is 0 Å². The molecule has 0 radical (unpaired) electrons. The number of nitrogens with one attached hydrogen (secondary N) is 2. The second-order valence-electron chi connectivity index (χ2n) is 5.29. The number of hydrogen-bond acceptors (Lipinski definition) is 2. The Balaban J connectivity index is 2.22. The Hall–Kier alpha value is -0.280. The zero-order chi connectivity index (χ0) is 13.7. The van der Waals surface area contributed by atoms with Crippen molar-refractivity contribution in [2.24, 2.45) is 0 Å². The summed E-state index contributed by atoms with van der Waals surface area (Å²) in [6.45, 7) is 6.34. The van der Waals surface area contributed by atoms with Crippen LogP contribution in [0.1, 0.15) is 31.7 Å².